The van der Waals surface area contributed by atoms with Gasteiger partial charge in [0.05, 0.1) is 6.10 Å². The van der Waals surface area contributed by atoms with Crippen molar-refractivity contribution in [3.8, 4) is 5.75 Å². The SMILES string of the molecule is CC(C)(C)OC(=O)N1CCC2(CCO[C@@H]3c4ccccc4OC(C)(C)[C@H]32)CC1. The van der Waals surface area contributed by atoms with Gasteiger partial charge in [0.1, 0.15) is 17.0 Å². The quantitative estimate of drug-likeness (QED) is 0.632. The minimum absolute atomic E-state index is 0.0572. The summed E-state index contributed by atoms with van der Waals surface area (Å²) in [6.07, 6.45) is 2.81. The van der Waals surface area contributed by atoms with E-state index >= 15 is 0 Å². The normalized spacial score (nSPS) is 28.1. The molecule has 5 heteroatoms. The Hall–Kier alpha value is -1.75. The topological polar surface area (TPSA) is 48.0 Å². The van der Waals surface area contributed by atoms with Gasteiger partial charge in [-0.1, -0.05) is 18.2 Å². The number of amides is 1. The Morgan fingerprint density at radius 1 is 1.14 bits per heavy atom. The maximum absolute atomic E-state index is 12.5. The number of carbonyl (C=O) groups excluding carboxylic acids is 1. The van der Waals surface area contributed by atoms with Crippen molar-refractivity contribution in [3.05, 3.63) is 29.8 Å². The molecule has 0 N–H and O–H groups in total. The van der Waals surface area contributed by atoms with E-state index in [0.717, 1.165) is 44.7 Å². The van der Waals surface area contributed by atoms with Crippen molar-refractivity contribution in [2.24, 2.45) is 11.3 Å². The van der Waals surface area contributed by atoms with Crippen molar-refractivity contribution in [3.63, 3.8) is 0 Å². The zero-order chi connectivity index (χ0) is 20.2. The minimum atomic E-state index is -0.459. The molecule has 3 aliphatic heterocycles. The Morgan fingerprint density at radius 3 is 2.50 bits per heavy atom. The van der Waals surface area contributed by atoms with E-state index in [0.29, 0.717) is 0 Å². The van der Waals surface area contributed by atoms with E-state index in [-0.39, 0.29) is 29.1 Å². The highest BCUT2D eigenvalue weighted by Crippen LogP contribution is 2.59. The summed E-state index contributed by atoms with van der Waals surface area (Å²) in [4.78, 5) is 14.4. The molecule has 3 aliphatic rings. The summed E-state index contributed by atoms with van der Waals surface area (Å²) in [5.41, 5.74) is 0.519. The number of para-hydroxylation sites is 1. The number of hydrogen-bond donors (Lipinski definition) is 0. The predicted octanol–water partition coefficient (Wildman–Crippen LogP) is 4.95. The van der Waals surface area contributed by atoms with E-state index in [1.165, 1.54) is 5.56 Å². The number of carbonyl (C=O) groups is 1. The lowest BCUT2D eigenvalue weighted by atomic mass is 9.57. The standard InChI is InChI=1S/C23H33NO4/c1-21(2,3)28-20(25)24-13-10-23(11-14-24)12-15-26-18-16-8-6-7-9-17(16)27-22(4,5)19(18)23/h6-9,18-19H,10-15H2,1-5H3/t18-,19+/m1/s1. The van der Waals surface area contributed by atoms with Crippen molar-refractivity contribution in [2.75, 3.05) is 19.7 Å². The molecule has 28 heavy (non-hydrogen) atoms. The van der Waals surface area contributed by atoms with Crippen LogP contribution >= 0.6 is 0 Å². The van der Waals surface area contributed by atoms with Gasteiger partial charge in [-0.25, -0.2) is 4.79 Å². The molecule has 5 nitrogen and oxygen atoms in total. The van der Waals surface area contributed by atoms with Gasteiger partial charge in [0.15, 0.2) is 0 Å². The average molecular weight is 388 g/mol. The second-order valence-corrected chi connectivity index (χ2v) is 10.1. The number of hydrogen-bond acceptors (Lipinski definition) is 4. The highest BCUT2D eigenvalue weighted by molar-refractivity contribution is 5.68. The zero-order valence-electron chi connectivity index (χ0n) is 17.8. The second kappa shape index (κ2) is 6.65. The monoisotopic (exact) mass is 387 g/mol. The van der Waals surface area contributed by atoms with Crippen LogP contribution in [0.3, 0.4) is 0 Å². The third-order valence-corrected chi connectivity index (χ3v) is 6.62. The summed E-state index contributed by atoms with van der Waals surface area (Å²) in [6, 6.07) is 8.26. The molecule has 0 unspecified atom stereocenters. The Labute approximate surface area is 168 Å². The third kappa shape index (κ3) is 3.38. The van der Waals surface area contributed by atoms with E-state index in [9.17, 15) is 4.79 Å². The van der Waals surface area contributed by atoms with Gasteiger partial charge in [0.2, 0.25) is 0 Å². The molecule has 3 heterocycles. The molecule has 1 spiro atoms. The first-order valence-corrected chi connectivity index (χ1v) is 10.5. The van der Waals surface area contributed by atoms with Crippen molar-refractivity contribution in [2.45, 2.75) is 71.2 Å². The molecule has 2 fully saturated rings. The van der Waals surface area contributed by atoms with Crippen molar-refractivity contribution < 1.29 is 19.0 Å². The predicted molar refractivity (Wildman–Crippen MR) is 107 cm³/mol. The zero-order valence-corrected chi connectivity index (χ0v) is 17.8. The van der Waals surface area contributed by atoms with Crippen LogP contribution in [0.4, 0.5) is 4.79 Å². The lowest BCUT2D eigenvalue weighted by Gasteiger charge is -2.58. The molecule has 0 aromatic heterocycles. The van der Waals surface area contributed by atoms with Crippen LogP contribution in [0.15, 0.2) is 24.3 Å². The Kier molecular flexibility index (Phi) is 4.65. The molecule has 0 bridgehead atoms. The van der Waals surface area contributed by atoms with Crippen LogP contribution in [0.25, 0.3) is 0 Å². The van der Waals surface area contributed by atoms with E-state index in [1.807, 2.05) is 37.8 Å². The molecular weight excluding hydrogens is 354 g/mol. The Bertz CT molecular complexity index is 743. The van der Waals surface area contributed by atoms with Gasteiger partial charge < -0.3 is 19.1 Å². The third-order valence-electron chi connectivity index (χ3n) is 6.62. The summed E-state index contributed by atoms with van der Waals surface area (Å²) in [5, 5.41) is 0. The van der Waals surface area contributed by atoms with Gasteiger partial charge in [-0.2, -0.15) is 0 Å². The van der Waals surface area contributed by atoms with Gasteiger partial charge in [0.25, 0.3) is 0 Å². The highest BCUT2D eigenvalue weighted by atomic mass is 16.6. The van der Waals surface area contributed by atoms with Crippen LogP contribution in [-0.4, -0.2) is 41.9 Å². The van der Waals surface area contributed by atoms with Crippen molar-refractivity contribution >= 4 is 6.09 Å². The maximum Gasteiger partial charge on any atom is 0.410 e. The number of ether oxygens (including phenoxy) is 3. The van der Waals surface area contributed by atoms with Crippen LogP contribution in [-0.2, 0) is 9.47 Å². The Balaban J connectivity index is 1.57. The maximum atomic E-state index is 12.5. The van der Waals surface area contributed by atoms with Crippen LogP contribution < -0.4 is 4.74 Å². The summed E-state index contributed by atoms with van der Waals surface area (Å²) < 4.78 is 18.4. The van der Waals surface area contributed by atoms with Gasteiger partial charge in [-0.3, -0.25) is 0 Å². The van der Waals surface area contributed by atoms with Crippen LogP contribution in [0, 0.1) is 11.3 Å². The smallest absolute Gasteiger partial charge is 0.410 e. The molecule has 154 valence electrons. The summed E-state index contributed by atoms with van der Waals surface area (Å²) in [7, 11) is 0. The fourth-order valence-corrected chi connectivity index (χ4v) is 5.51. The molecule has 0 saturated carbocycles. The molecule has 1 aromatic carbocycles. The number of nitrogens with zero attached hydrogens (tertiary/aromatic N) is 1. The molecule has 1 amide bonds. The number of piperidine rings is 1. The first-order chi connectivity index (χ1) is 13.1. The molecule has 2 atom stereocenters. The van der Waals surface area contributed by atoms with Gasteiger partial charge >= 0.3 is 6.09 Å². The highest BCUT2D eigenvalue weighted by Gasteiger charge is 2.58. The van der Waals surface area contributed by atoms with Gasteiger partial charge in [-0.15, -0.1) is 0 Å². The van der Waals surface area contributed by atoms with Crippen molar-refractivity contribution in [1.29, 1.82) is 0 Å². The molecule has 0 aliphatic carbocycles. The van der Waals surface area contributed by atoms with Gasteiger partial charge in [0, 0.05) is 31.2 Å². The van der Waals surface area contributed by atoms with Crippen LogP contribution in [0.1, 0.15) is 65.5 Å². The first-order valence-electron chi connectivity index (χ1n) is 10.5. The van der Waals surface area contributed by atoms with Gasteiger partial charge in [-0.05, 0) is 65.4 Å². The first kappa shape index (κ1) is 19.6. The van der Waals surface area contributed by atoms with E-state index in [4.69, 9.17) is 14.2 Å². The number of benzene rings is 1. The lowest BCUT2D eigenvalue weighted by molar-refractivity contribution is -0.193. The number of rotatable bonds is 0. The van der Waals surface area contributed by atoms with Crippen LogP contribution in [0.2, 0.25) is 0 Å². The average Bonchev–Trinajstić information content (AvgIpc) is 2.60. The minimum Gasteiger partial charge on any atom is -0.487 e. The molecule has 4 rings (SSSR count). The fourth-order valence-electron chi connectivity index (χ4n) is 5.51. The molecule has 2 saturated heterocycles. The molecule has 0 radical (unpaired) electrons. The van der Waals surface area contributed by atoms with Crippen molar-refractivity contribution in [1.82, 2.24) is 4.90 Å². The summed E-state index contributed by atoms with van der Waals surface area (Å²) in [6.45, 7) is 12.4. The second-order valence-electron chi connectivity index (χ2n) is 10.1. The molecule has 1 aromatic rings. The fraction of sp³-hybridized carbons (Fsp3) is 0.696. The molecular formula is C23H33NO4. The largest absolute Gasteiger partial charge is 0.487 e. The van der Waals surface area contributed by atoms with Crippen LogP contribution in [0.5, 0.6) is 5.75 Å². The number of fused-ring (bicyclic) bond motifs is 4. The van der Waals surface area contributed by atoms with E-state index < -0.39 is 5.60 Å². The number of likely N-dealkylation sites (tertiary alicyclic amines) is 1. The summed E-state index contributed by atoms with van der Waals surface area (Å²) in [5.74, 6) is 1.21. The Morgan fingerprint density at radius 2 is 1.82 bits per heavy atom. The van der Waals surface area contributed by atoms with E-state index in [2.05, 4.69) is 26.0 Å². The summed E-state index contributed by atoms with van der Waals surface area (Å²) >= 11 is 0. The lowest BCUT2D eigenvalue weighted by Crippen LogP contribution is -2.59. The van der Waals surface area contributed by atoms with E-state index in [1.54, 1.807) is 0 Å².